The van der Waals surface area contributed by atoms with Crippen LogP contribution in [0.2, 0.25) is 0 Å². The lowest BCUT2D eigenvalue weighted by Gasteiger charge is -2.26. The molecule has 1 aliphatic rings. The van der Waals surface area contributed by atoms with Gasteiger partial charge in [0, 0.05) is 31.8 Å². The van der Waals surface area contributed by atoms with Crippen molar-refractivity contribution >= 4 is 6.01 Å². The number of nitrogens with zero attached hydrogens (tertiary/aromatic N) is 6. The highest BCUT2D eigenvalue weighted by atomic mass is 19.1. The zero-order valence-electron chi connectivity index (χ0n) is 14.4. The van der Waals surface area contributed by atoms with Gasteiger partial charge in [0.25, 0.3) is 0 Å². The van der Waals surface area contributed by atoms with Crippen LogP contribution in [-0.4, -0.2) is 57.6 Å². The quantitative estimate of drug-likeness (QED) is 0.790. The number of halogens is 1. The first-order valence-electron chi connectivity index (χ1n) is 8.14. The van der Waals surface area contributed by atoms with E-state index in [2.05, 4.69) is 20.4 Å². The van der Waals surface area contributed by atoms with E-state index in [1.165, 1.54) is 0 Å². The Kier molecular flexibility index (Phi) is 4.79. The van der Waals surface area contributed by atoms with Crippen LogP contribution in [0.15, 0.2) is 8.83 Å². The van der Waals surface area contributed by atoms with Gasteiger partial charge in [-0.25, -0.2) is 4.39 Å². The fourth-order valence-electron chi connectivity index (χ4n) is 2.89. The minimum Gasteiger partial charge on any atom is -0.424 e. The SMILES string of the molecule is Cc1nnc(N2C[C@@H](F)C[C@H]2CN(C)Cc2nnc(C(C)C)o2)o1. The van der Waals surface area contributed by atoms with Gasteiger partial charge >= 0.3 is 6.01 Å². The van der Waals surface area contributed by atoms with Crippen molar-refractivity contribution in [1.82, 2.24) is 25.3 Å². The van der Waals surface area contributed by atoms with Gasteiger partial charge < -0.3 is 13.7 Å². The van der Waals surface area contributed by atoms with Gasteiger partial charge in [-0.2, -0.15) is 0 Å². The minimum atomic E-state index is -0.897. The van der Waals surface area contributed by atoms with E-state index < -0.39 is 6.17 Å². The molecule has 2 atom stereocenters. The maximum Gasteiger partial charge on any atom is 0.318 e. The smallest absolute Gasteiger partial charge is 0.318 e. The van der Waals surface area contributed by atoms with Gasteiger partial charge in [0.2, 0.25) is 17.7 Å². The van der Waals surface area contributed by atoms with Crippen molar-refractivity contribution in [1.29, 1.82) is 0 Å². The molecule has 0 aliphatic carbocycles. The number of likely N-dealkylation sites (N-methyl/N-ethyl adjacent to an activating group) is 1. The summed E-state index contributed by atoms with van der Waals surface area (Å²) in [6, 6.07) is 0.350. The average Bonchev–Trinajstić information content (AvgIpc) is 3.19. The van der Waals surface area contributed by atoms with Crippen molar-refractivity contribution in [2.45, 2.75) is 51.9 Å². The Hall–Kier alpha value is -2.03. The first kappa shape index (κ1) is 16.8. The third-order valence-electron chi connectivity index (χ3n) is 4.03. The van der Waals surface area contributed by atoms with Gasteiger partial charge in [-0.15, -0.1) is 15.3 Å². The molecule has 0 unspecified atom stereocenters. The fourth-order valence-corrected chi connectivity index (χ4v) is 2.89. The molecule has 0 saturated carbocycles. The van der Waals surface area contributed by atoms with Gasteiger partial charge in [0.15, 0.2) is 0 Å². The first-order valence-corrected chi connectivity index (χ1v) is 8.14. The van der Waals surface area contributed by atoms with Gasteiger partial charge in [-0.05, 0) is 7.05 Å². The van der Waals surface area contributed by atoms with Crippen LogP contribution in [0.3, 0.4) is 0 Å². The molecule has 0 radical (unpaired) electrons. The largest absolute Gasteiger partial charge is 0.424 e. The van der Waals surface area contributed by atoms with Crippen LogP contribution < -0.4 is 4.90 Å². The Morgan fingerprint density at radius 3 is 2.67 bits per heavy atom. The molecule has 0 bridgehead atoms. The summed E-state index contributed by atoms with van der Waals surface area (Å²) in [5.74, 6) is 1.88. The van der Waals surface area contributed by atoms with Gasteiger partial charge in [-0.1, -0.05) is 18.9 Å². The van der Waals surface area contributed by atoms with Crippen LogP contribution in [-0.2, 0) is 6.54 Å². The van der Waals surface area contributed by atoms with E-state index in [9.17, 15) is 4.39 Å². The predicted octanol–water partition coefficient (Wildman–Crippen LogP) is 1.93. The molecule has 0 spiro atoms. The van der Waals surface area contributed by atoms with Gasteiger partial charge in [0.05, 0.1) is 13.1 Å². The molecule has 24 heavy (non-hydrogen) atoms. The zero-order valence-corrected chi connectivity index (χ0v) is 14.4. The molecule has 9 heteroatoms. The van der Waals surface area contributed by atoms with Crippen molar-refractivity contribution in [3.05, 3.63) is 17.7 Å². The number of aryl methyl sites for hydroxylation is 1. The molecule has 1 saturated heterocycles. The Bertz CT molecular complexity index is 672. The lowest BCUT2D eigenvalue weighted by molar-refractivity contribution is 0.259. The molecule has 3 rings (SSSR count). The summed E-state index contributed by atoms with van der Waals surface area (Å²) in [4.78, 5) is 3.88. The lowest BCUT2D eigenvalue weighted by Crippen LogP contribution is -2.39. The molecule has 8 nitrogen and oxygen atoms in total. The Balaban J connectivity index is 1.62. The van der Waals surface area contributed by atoms with Crippen LogP contribution in [0.5, 0.6) is 0 Å². The van der Waals surface area contributed by atoms with Crippen LogP contribution in [0.4, 0.5) is 10.4 Å². The van der Waals surface area contributed by atoms with E-state index in [0.29, 0.717) is 43.2 Å². The summed E-state index contributed by atoms with van der Waals surface area (Å²) >= 11 is 0. The van der Waals surface area contributed by atoms with E-state index >= 15 is 0 Å². The van der Waals surface area contributed by atoms with E-state index in [0.717, 1.165) is 0 Å². The van der Waals surface area contributed by atoms with Crippen molar-refractivity contribution in [3.63, 3.8) is 0 Å². The summed E-state index contributed by atoms with van der Waals surface area (Å²) in [5.41, 5.74) is 0. The summed E-state index contributed by atoms with van der Waals surface area (Å²) < 4.78 is 25.0. The Morgan fingerprint density at radius 1 is 1.25 bits per heavy atom. The van der Waals surface area contributed by atoms with E-state index in [-0.39, 0.29) is 18.5 Å². The predicted molar refractivity (Wildman–Crippen MR) is 84.4 cm³/mol. The second kappa shape index (κ2) is 6.84. The summed E-state index contributed by atoms with van der Waals surface area (Å²) in [5, 5.41) is 15.9. The summed E-state index contributed by atoms with van der Waals surface area (Å²) in [6.07, 6.45) is -0.459. The van der Waals surface area contributed by atoms with Crippen LogP contribution >= 0.6 is 0 Å². The molecule has 0 amide bonds. The van der Waals surface area contributed by atoms with E-state index in [1.807, 2.05) is 30.7 Å². The third-order valence-corrected chi connectivity index (χ3v) is 4.03. The molecule has 2 aromatic rings. The molecule has 2 aromatic heterocycles. The van der Waals surface area contributed by atoms with Gasteiger partial charge in [0.1, 0.15) is 6.17 Å². The third kappa shape index (κ3) is 3.72. The van der Waals surface area contributed by atoms with Crippen molar-refractivity contribution in [2.75, 3.05) is 25.0 Å². The minimum absolute atomic E-state index is 0.0302. The van der Waals surface area contributed by atoms with Crippen LogP contribution in [0, 0.1) is 6.92 Å². The molecular formula is C15H23FN6O2. The monoisotopic (exact) mass is 338 g/mol. The standard InChI is InChI=1S/C15H23FN6O2/c1-9(2)14-19-18-13(24-14)8-21(4)7-12-5-11(16)6-22(12)15-20-17-10(3)23-15/h9,11-12H,5-8H2,1-4H3/t11-,12-/m0/s1. The first-order chi connectivity index (χ1) is 11.4. The summed E-state index contributed by atoms with van der Waals surface area (Å²) in [6.45, 7) is 7.17. The summed E-state index contributed by atoms with van der Waals surface area (Å²) in [7, 11) is 1.95. The zero-order chi connectivity index (χ0) is 17.3. The average molecular weight is 338 g/mol. The second-order valence-corrected chi connectivity index (χ2v) is 6.63. The molecule has 132 valence electrons. The number of hydrogen-bond acceptors (Lipinski definition) is 8. The maximum absolute atomic E-state index is 13.9. The van der Waals surface area contributed by atoms with Gasteiger partial charge in [-0.3, -0.25) is 4.90 Å². The number of anilines is 1. The number of aromatic nitrogens is 4. The second-order valence-electron chi connectivity index (χ2n) is 6.63. The molecule has 0 N–H and O–H groups in total. The van der Waals surface area contributed by atoms with Crippen molar-refractivity contribution < 1.29 is 13.2 Å². The number of hydrogen-bond donors (Lipinski definition) is 0. The van der Waals surface area contributed by atoms with Crippen molar-refractivity contribution in [3.8, 4) is 0 Å². The van der Waals surface area contributed by atoms with E-state index in [1.54, 1.807) is 6.92 Å². The Morgan fingerprint density at radius 2 is 2.04 bits per heavy atom. The highest BCUT2D eigenvalue weighted by Gasteiger charge is 2.35. The lowest BCUT2D eigenvalue weighted by atomic mass is 10.2. The fraction of sp³-hybridized carbons (Fsp3) is 0.733. The molecule has 0 aromatic carbocycles. The molecular weight excluding hydrogens is 315 g/mol. The number of rotatable bonds is 6. The molecule has 1 aliphatic heterocycles. The molecule has 3 heterocycles. The highest BCUT2D eigenvalue weighted by Crippen LogP contribution is 2.27. The molecule has 1 fully saturated rings. The number of alkyl halides is 1. The van der Waals surface area contributed by atoms with Crippen LogP contribution in [0.1, 0.15) is 43.9 Å². The van der Waals surface area contributed by atoms with Crippen LogP contribution in [0.25, 0.3) is 0 Å². The Labute approximate surface area is 140 Å². The highest BCUT2D eigenvalue weighted by molar-refractivity contribution is 5.30. The van der Waals surface area contributed by atoms with Crippen molar-refractivity contribution in [2.24, 2.45) is 0 Å². The topological polar surface area (TPSA) is 84.3 Å². The normalized spacial score (nSPS) is 21.4. The maximum atomic E-state index is 13.9. The van der Waals surface area contributed by atoms with E-state index in [4.69, 9.17) is 8.83 Å².